The van der Waals surface area contributed by atoms with E-state index >= 15 is 0 Å². The Morgan fingerprint density at radius 3 is 2.27 bits per heavy atom. The van der Waals surface area contributed by atoms with Crippen LogP contribution in [0.15, 0.2) is 11.6 Å². The van der Waals surface area contributed by atoms with Crippen LogP contribution in [0.5, 0.6) is 0 Å². The maximum atomic E-state index is 9.09. The first-order valence-electron chi connectivity index (χ1n) is 4.29. The van der Waals surface area contributed by atoms with E-state index in [1.54, 1.807) is 0 Å². The Bertz CT molecular complexity index is 179. The van der Waals surface area contributed by atoms with E-state index in [-0.39, 0.29) is 12.0 Å². The fourth-order valence-electron chi connectivity index (χ4n) is 1.87. The molecule has 0 aliphatic heterocycles. The lowest BCUT2D eigenvalue weighted by Gasteiger charge is -2.31. The second-order valence-electron chi connectivity index (χ2n) is 4.24. The van der Waals surface area contributed by atoms with E-state index in [1.807, 2.05) is 0 Å². The second kappa shape index (κ2) is 2.63. The molecule has 0 heterocycles. The van der Waals surface area contributed by atoms with Crippen LogP contribution in [0.2, 0.25) is 0 Å². The zero-order chi connectivity index (χ0) is 8.65. The van der Waals surface area contributed by atoms with Crippen molar-refractivity contribution < 1.29 is 5.11 Å². The standard InChI is InChI=1S/C10H18O/c1-7-5-9(6-11)10(3,4)8(7)2/h5,8-9,11H,6H2,1-4H3/t8-,9?/m1/s1. The van der Waals surface area contributed by atoms with Crippen molar-refractivity contribution >= 4 is 0 Å². The van der Waals surface area contributed by atoms with Gasteiger partial charge in [-0.1, -0.05) is 32.4 Å². The van der Waals surface area contributed by atoms with Crippen LogP contribution in [0, 0.1) is 17.3 Å². The normalized spacial score (nSPS) is 35.5. The molecule has 1 aliphatic carbocycles. The highest BCUT2D eigenvalue weighted by Crippen LogP contribution is 2.45. The molecule has 0 spiro atoms. The van der Waals surface area contributed by atoms with Crippen LogP contribution in [-0.4, -0.2) is 11.7 Å². The van der Waals surface area contributed by atoms with Gasteiger partial charge < -0.3 is 5.11 Å². The van der Waals surface area contributed by atoms with Crippen LogP contribution < -0.4 is 0 Å². The molecule has 1 unspecified atom stereocenters. The van der Waals surface area contributed by atoms with Crippen molar-refractivity contribution in [3.8, 4) is 0 Å². The molecular weight excluding hydrogens is 136 g/mol. The third-order valence-corrected chi connectivity index (χ3v) is 3.42. The van der Waals surface area contributed by atoms with E-state index in [2.05, 4.69) is 33.8 Å². The van der Waals surface area contributed by atoms with Crippen LogP contribution in [0.3, 0.4) is 0 Å². The summed E-state index contributed by atoms with van der Waals surface area (Å²) in [6, 6.07) is 0. The van der Waals surface area contributed by atoms with E-state index in [4.69, 9.17) is 5.11 Å². The monoisotopic (exact) mass is 154 g/mol. The summed E-state index contributed by atoms with van der Waals surface area (Å²) >= 11 is 0. The van der Waals surface area contributed by atoms with Crippen LogP contribution in [0.4, 0.5) is 0 Å². The predicted octanol–water partition coefficient (Wildman–Crippen LogP) is 2.22. The van der Waals surface area contributed by atoms with Gasteiger partial charge in [-0.2, -0.15) is 0 Å². The molecule has 1 rings (SSSR count). The third-order valence-electron chi connectivity index (χ3n) is 3.42. The summed E-state index contributed by atoms with van der Waals surface area (Å²) in [6.45, 7) is 9.13. The zero-order valence-electron chi connectivity index (χ0n) is 7.89. The largest absolute Gasteiger partial charge is 0.396 e. The minimum atomic E-state index is 0.249. The van der Waals surface area contributed by atoms with Gasteiger partial charge in [-0.05, 0) is 18.3 Å². The van der Waals surface area contributed by atoms with Gasteiger partial charge in [0.1, 0.15) is 0 Å². The minimum absolute atomic E-state index is 0.249. The Morgan fingerprint density at radius 2 is 2.09 bits per heavy atom. The lowest BCUT2D eigenvalue weighted by atomic mass is 9.74. The molecule has 0 saturated carbocycles. The van der Waals surface area contributed by atoms with Crippen LogP contribution >= 0.6 is 0 Å². The Balaban J connectivity index is 2.85. The number of rotatable bonds is 1. The molecule has 0 aromatic carbocycles. The highest BCUT2D eigenvalue weighted by molar-refractivity contribution is 5.18. The summed E-state index contributed by atoms with van der Waals surface area (Å²) in [4.78, 5) is 0. The summed E-state index contributed by atoms with van der Waals surface area (Å²) in [6.07, 6.45) is 2.21. The molecule has 0 amide bonds. The first kappa shape index (κ1) is 8.79. The quantitative estimate of drug-likeness (QED) is 0.574. The predicted molar refractivity (Wildman–Crippen MR) is 47.3 cm³/mol. The van der Waals surface area contributed by atoms with Gasteiger partial charge in [0.25, 0.3) is 0 Å². The molecule has 0 aromatic rings. The molecule has 0 fully saturated rings. The number of allylic oxidation sites excluding steroid dienone is 1. The second-order valence-corrected chi connectivity index (χ2v) is 4.24. The summed E-state index contributed by atoms with van der Waals surface area (Å²) < 4.78 is 0. The minimum Gasteiger partial charge on any atom is -0.396 e. The van der Waals surface area contributed by atoms with Gasteiger partial charge in [0.2, 0.25) is 0 Å². The lowest BCUT2D eigenvalue weighted by Crippen LogP contribution is -2.27. The molecule has 64 valence electrons. The number of aliphatic hydroxyl groups is 1. The molecule has 0 saturated heterocycles. The maximum Gasteiger partial charge on any atom is 0.0499 e. The highest BCUT2D eigenvalue weighted by atomic mass is 16.3. The molecule has 0 bridgehead atoms. The van der Waals surface area contributed by atoms with Gasteiger partial charge in [-0.3, -0.25) is 0 Å². The topological polar surface area (TPSA) is 20.2 Å². The first-order valence-corrected chi connectivity index (χ1v) is 4.29. The SMILES string of the molecule is CC1=CC(CO)C(C)(C)[C@@H]1C. The molecule has 0 aromatic heterocycles. The van der Waals surface area contributed by atoms with E-state index < -0.39 is 0 Å². The van der Waals surface area contributed by atoms with Gasteiger partial charge in [0.15, 0.2) is 0 Å². The molecule has 1 aliphatic rings. The lowest BCUT2D eigenvalue weighted by molar-refractivity contribution is 0.134. The van der Waals surface area contributed by atoms with Crippen molar-refractivity contribution in [1.82, 2.24) is 0 Å². The van der Waals surface area contributed by atoms with Crippen molar-refractivity contribution in [1.29, 1.82) is 0 Å². The average molecular weight is 154 g/mol. The fourth-order valence-corrected chi connectivity index (χ4v) is 1.87. The molecular formula is C10H18O. The van der Waals surface area contributed by atoms with E-state index in [1.165, 1.54) is 5.57 Å². The average Bonchev–Trinajstić information content (AvgIpc) is 2.13. The highest BCUT2D eigenvalue weighted by Gasteiger charge is 2.38. The van der Waals surface area contributed by atoms with Crippen LogP contribution in [-0.2, 0) is 0 Å². The van der Waals surface area contributed by atoms with E-state index in [9.17, 15) is 0 Å². The molecule has 1 nitrogen and oxygen atoms in total. The van der Waals surface area contributed by atoms with Crippen LogP contribution in [0.25, 0.3) is 0 Å². The number of hydrogen-bond donors (Lipinski definition) is 1. The van der Waals surface area contributed by atoms with Gasteiger partial charge in [0.05, 0.1) is 0 Å². The molecule has 0 radical (unpaired) electrons. The molecule has 1 N–H and O–H groups in total. The Kier molecular flexibility index (Phi) is 2.10. The van der Waals surface area contributed by atoms with Crippen LogP contribution in [0.1, 0.15) is 27.7 Å². The maximum absolute atomic E-state index is 9.09. The summed E-state index contributed by atoms with van der Waals surface area (Å²) in [5.74, 6) is 0.970. The Hall–Kier alpha value is -0.300. The van der Waals surface area contributed by atoms with Crippen molar-refractivity contribution in [3.63, 3.8) is 0 Å². The molecule has 1 heteroatoms. The molecule has 2 atom stereocenters. The van der Waals surface area contributed by atoms with Gasteiger partial charge >= 0.3 is 0 Å². The van der Waals surface area contributed by atoms with Gasteiger partial charge in [-0.25, -0.2) is 0 Å². The Morgan fingerprint density at radius 1 is 1.55 bits per heavy atom. The van der Waals surface area contributed by atoms with Crippen molar-refractivity contribution in [2.75, 3.05) is 6.61 Å². The number of hydrogen-bond acceptors (Lipinski definition) is 1. The summed E-state index contributed by atoms with van der Waals surface area (Å²) in [7, 11) is 0. The van der Waals surface area contributed by atoms with E-state index in [0.29, 0.717) is 11.8 Å². The first-order chi connectivity index (χ1) is 5.00. The summed E-state index contributed by atoms with van der Waals surface area (Å²) in [5, 5.41) is 9.09. The third kappa shape index (κ3) is 1.22. The number of aliphatic hydroxyl groups excluding tert-OH is 1. The fraction of sp³-hybridized carbons (Fsp3) is 0.800. The summed E-state index contributed by atoms with van der Waals surface area (Å²) in [5.41, 5.74) is 1.67. The molecule has 11 heavy (non-hydrogen) atoms. The zero-order valence-corrected chi connectivity index (χ0v) is 7.89. The Labute approximate surface area is 69.1 Å². The van der Waals surface area contributed by atoms with Gasteiger partial charge in [0, 0.05) is 12.5 Å². The van der Waals surface area contributed by atoms with Crippen molar-refractivity contribution in [3.05, 3.63) is 11.6 Å². The van der Waals surface area contributed by atoms with E-state index in [0.717, 1.165) is 0 Å². The van der Waals surface area contributed by atoms with Crippen molar-refractivity contribution in [2.24, 2.45) is 17.3 Å². The van der Waals surface area contributed by atoms with Gasteiger partial charge in [-0.15, -0.1) is 0 Å². The van der Waals surface area contributed by atoms with Crippen molar-refractivity contribution in [2.45, 2.75) is 27.7 Å². The smallest absolute Gasteiger partial charge is 0.0499 e.